The Morgan fingerprint density at radius 2 is 2.33 bits per heavy atom. The van der Waals surface area contributed by atoms with Crippen molar-refractivity contribution in [2.75, 3.05) is 12.8 Å². The summed E-state index contributed by atoms with van der Waals surface area (Å²) in [5.74, 6) is -0.144. The maximum Gasteiger partial charge on any atom is 0.333 e. The zero-order valence-corrected chi connectivity index (χ0v) is 12.2. The lowest BCUT2D eigenvalue weighted by atomic mass is 9.95. The largest absolute Gasteiger partial charge is 0.466 e. The molecule has 1 atom stereocenters. The van der Waals surface area contributed by atoms with Crippen LogP contribution >= 0.6 is 11.6 Å². The Kier molecular flexibility index (Phi) is 3.50. The van der Waals surface area contributed by atoms with Crippen molar-refractivity contribution in [1.82, 2.24) is 19.5 Å². The maximum atomic E-state index is 11.5. The third-order valence-electron chi connectivity index (χ3n) is 3.62. The van der Waals surface area contributed by atoms with E-state index in [9.17, 15) is 4.79 Å². The summed E-state index contributed by atoms with van der Waals surface area (Å²) in [4.78, 5) is 23.8. The molecule has 2 heterocycles. The Balaban J connectivity index is 1.93. The molecule has 2 aromatic heterocycles. The number of carbonyl (C=O) groups is 1. The van der Waals surface area contributed by atoms with Crippen molar-refractivity contribution in [3.05, 3.63) is 23.1 Å². The quantitative estimate of drug-likeness (QED) is 0.672. The number of anilines is 1. The second kappa shape index (κ2) is 5.33. The van der Waals surface area contributed by atoms with Gasteiger partial charge in [-0.1, -0.05) is 17.7 Å². The number of hydrogen-bond donors (Lipinski definition) is 1. The number of nitrogens with two attached hydrogens (primary N) is 1. The third kappa shape index (κ3) is 2.44. The Hall–Kier alpha value is -2.15. The summed E-state index contributed by atoms with van der Waals surface area (Å²) < 4.78 is 6.67. The number of ether oxygens (including phenoxy) is 1. The van der Waals surface area contributed by atoms with Crippen LogP contribution in [0.4, 0.5) is 5.95 Å². The number of imidazole rings is 1. The van der Waals surface area contributed by atoms with Crippen LogP contribution in [-0.2, 0) is 9.53 Å². The van der Waals surface area contributed by atoms with Gasteiger partial charge in [-0.2, -0.15) is 9.97 Å². The highest BCUT2D eigenvalue weighted by Gasteiger charge is 2.23. The molecular weight excluding hydrogens is 294 g/mol. The molecule has 0 bridgehead atoms. The Morgan fingerprint density at radius 3 is 3.00 bits per heavy atom. The van der Waals surface area contributed by atoms with Gasteiger partial charge in [-0.3, -0.25) is 0 Å². The molecule has 0 aliphatic heterocycles. The molecule has 0 saturated carbocycles. The van der Waals surface area contributed by atoms with Crippen molar-refractivity contribution in [2.45, 2.75) is 25.3 Å². The van der Waals surface area contributed by atoms with Crippen LogP contribution in [0, 0.1) is 0 Å². The molecule has 1 aliphatic carbocycles. The first-order valence-corrected chi connectivity index (χ1v) is 6.91. The van der Waals surface area contributed by atoms with E-state index in [1.807, 2.05) is 10.6 Å². The van der Waals surface area contributed by atoms with E-state index in [2.05, 4.69) is 15.0 Å². The third-order valence-corrected chi connectivity index (χ3v) is 3.88. The number of methoxy groups -OCH3 is 1. The summed E-state index contributed by atoms with van der Waals surface area (Å²) in [6.45, 7) is 0. The summed E-state index contributed by atoms with van der Waals surface area (Å²) in [6, 6.07) is 0.161. The predicted molar refractivity (Wildman–Crippen MR) is 77.7 cm³/mol. The average molecular weight is 308 g/mol. The minimum Gasteiger partial charge on any atom is -0.466 e. The van der Waals surface area contributed by atoms with E-state index in [-0.39, 0.29) is 23.1 Å². The fourth-order valence-corrected chi connectivity index (χ4v) is 2.77. The minimum atomic E-state index is -0.265. The highest BCUT2D eigenvalue weighted by Crippen LogP contribution is 2.31. The van der Waals surface area contributed by atoms with Crippen LogP contribution < -0.4 is 5.73 Å². The number of allylic oxidation sites excluding steroid dienone is 1. The first-order chi connectivity index (χ1) is 10.1. The van der Waals surface area contributed by atoms with E-state index >= 15 is 0 Å². The Morgan fingerprint density at radius 1 is 1.52 bits per heavy atom. The van der Waals surface area contributed by atoms with E-state index in [0.29, 0.717) is 29.6 Å². The monoisotopic (exact) mass is 307 g/mol. The van der Waals surface area contributed by atoms with Crippen LogP contribution in [0.15, 0.2) is 18.0 Å². The molecule has 1 aliphatic rings. The molecule has 0 amide bonds. The number of nitrogen functional groups attached to an aromatic ring is 1. The number of nitrogens with zero attached hydrogens (tertiary/aromatic N) is 4. The number of esters is 1. The highest BCUT2D eigenvalue weighted by atomic mass is 35.5. The Bertz CT molecular complexity index is 739. The fourth-order valence-electron chi connectivity index (χ4n) is 2.55. The van der Waals surface area contributed by atoms with E-state index in [0.717, 1.165) is 6.42 Å². The SMILES string of the molecule is COC(=O)C1=CCC(n2cnc3c(Cl)nc(N)nc32)CC1. The van der Waals surface area contributed by atoms with E-state index < -0.39 is 0 Å². The molecule has 0 fully saturated rings. The molecule has 2 aromatic rings. The summed E-state index contributed by atoms with van der Waals surface area (Å²) in [5.41, 5.74) is 7.51. The topological polar surface area (TPSA) is 95.9 Å². The highest BCUT2D eigenvalue weighted by molar-refractivity contribution is 6.33. The molecule has 7 nitrogen and oxygen atoms in total. The van der Waals surface area contributed by atoms with Crippen LogP contribution in [0.1, 0.15) is 25.3 Å². The number of carbonyl (C=O) groups excluding carboxylic acids is 1. The molecular formula is C13H14ClN5O2. The number of halogens is 1. The maximum absolute atomic E-state index is 11.5. The first kappa shape index (κ1) is 13.8. The van der Waals surface area contributed by atoms with Gasteiger partial charge in [0.05, 0.1) is 13.4 Å². The molecule has 0 spiro atoms. The second-order valence-corrected chi connectivity index (χ2v) is 5.20. The van der Waals surface area contributed by atoms with Gasteiger partial charge in [0, 0.05) is 11.6 Å². The minimum absolute atomic E-state index is 0.121. The normalized spacial score (nSPS) is 18.6. The number of hydrogen-bond acceptors (Lipinski definition) is 6. The summed E-state index contributed by atoms with van der Waals surface area (Å²) in [6.07, 6.45) is 5.75. The summed E-state index contributed by atoms with van der Waals surface area (Å²) >= 11 is 6.02. The summed E-state index contributed by atoms with van der Waals surface area (Å²) in [5, 5.41) is 0.248. The van der Waals surface area contributed by atoms with Crippen molar-refractivity contribution in [3.63, 3.8) is 0 Å². The van der Waals surface area contributed by atoms with Crippen LogP contribution in [0.25, 0.3) is 11.2 Å². The lowest BCUT2D eigenvalue weighted by Gasteiger charge is -2.22. The van der Waals surface area contributed by atoms with Crippen LogP contribution in [0.5, 0.6) is 0 Å². The number of aromatic nitrogens is 4. The van der Waals surface area contributed by atoms with Crippen molar-refractivity contribution in [2.24, 2.45) is 0 Å². The zero-order valence-electron chi connectivity index (χ0n) is 11.4. The molecule has 2 N–H and O–H groups in total. The van der Waals surface area contributed by atoms with E-state index in [4.69, 9.17) is 22.1 Å². The average Bonchev–Trinajstić information content (AvgIpc) is 2.90. The molecule has 3 rings (SSSR count). The second-order valence-electron chi connectivity index (χ2n) is 4.85. The van der Waals surface area contributed by atoms with Gasteiger partial charge < -0.3 is 15.0 Å². The molecule has 21 heavy (non-hydrogen) atoms. The molecule has 0 radical (unpaired) electrons. The van der Waals surface area contributed by atoms with Gasteiger partial charge >= 0.3 is 5.97 Å². The first-order valence-electron chi connectivity index (χ1n) is 6.53. The van der Waals surface area contributed by atoms with Crippen LogP contribution in [0.2, 0.25) is 5.15 Å². The smallest absolute Gasteiger partial charge is 0.333 e. The van der Waals surface area contributed by atoms with Crippen molar-refractivity contribution >= 4 is 34.7 Å². The molecule has 8 heteroatoms. The standard InChI is InChI=1S/C13H14ClN5O2/c1-21-12(20)7-2-4-8(5-3-7)19-6-16-9-10(14)17-13(15)18-11(9)19/h2,6,8H,3-5H2,1H3,(H2,15,17,18). The summed E-state index contributed by atoms with van der Waals surface area (Å²) in [7, 11) is 1.39. The van der Waals surface area contributed by atoms with E-state index in [1.54, 1.807) is 6.33 Å². The van der Waals surface area contributed by atoms with Gasteiger partial charge in [0.1, 0.15) is 5.52 Å². The van der Waals surface area contributed by atoms with E-state index in [1.165, 1.54) is 7.11 Å². The number of rotatable bonds is 2. The lowest BCUT2D eigenvalue weighted by molar-refractivity contribution is -0.136. The van der Waals surface area contributed by atoms with Crippen molar-refractivity contribution in [1.29, 1.82) is 0 Å². The molecule has 0 saturated heterocycles. The van der Waals surface area contributed by atoms with Crippen LogP contribution in [0.3, 0.4) is 0 Å². The molecule has 1 unspecified atom stereocenters. The van der Waals surface area contributed by atoms with Gasteiger partial charge in [0.2, 0.25) is 5.95 Å². The Labute approximate surface area is 125 Å². The van der Waals surface area contributed by atoms with Gasteiger partial charge in [-0.15, -0.1) is 0 Å². The van der Waals surface area contributed by atoms with Gasteiger partial charge in [0.15, 0.2) is 10.8 Å². The molecule has 0 aromatic carbocycles. The van der Waals surface area contributed by atoms with Crippen molar-refractivity contribution in [3.8, 4) is 0 Å². The number of fused-ring (bicyclic) bond motifs is 1. The predicted octanol–water partition coefficient (Wildman–Crippen LogP) is 1.89. The van der Waals surface area contributed by atoms with Crippen LogP contribution in [-0.4, -0.2) is 32.6 Å². The van der Waals surface area contributed by atoms with Gasteiger partial charge in [-0.05, 0) is 19.3 Å². The van der Waals surface area contributed by atoms with Gasteiger partial charge in [0.25, 0.3) is 0 Å². The lowest BCUT2D eigenvalue weighted by Crippen LogP contribution is -2.16. The zero-order chi connectivity index (χ0) is 15.0. The van der Waals surface area contributed by atoms with Gasteiger partial charge in [-0.25, -0.2) is 9.78 Å². The molecule has 110 valence electrons. The van der Waals surface area contributed by atoms with Crippen molar-refractivity contribution < 1.29 is 9.53 Å². The fraction of sp³-hybridized carbons (Fsp3) is 0.385.